The van der Waals surface area contributed by atoms with Crippen molar-refractivity contribution in [2.75, 3.05) is 18.0 Å². The molecule has 2 aliphatic rings. The van der Waals surface area contributed by atoms with Crippen molar-refractivity contribution < 1.29 is 13.5 Å². The lowest BCUT2D eigenvalue weighted by atomic mass is 10.0. The van der Waals surface area contributed by atoms with Crippen LogP contribution in [0.15, 0.2) is 26.1 Å². The first-order chi connectivity index (χ1) is 15.3. The number of nitrogens with two attached hydrogens (primary N) is 1. The van der Waals surface area contributed by atoms with E-state index in [-0.39, 0.29) is 41.7 Å². The minimum absolute atomic E-state index is 0.0376. The van der Waals surface area contributed by atoms with E-state index < -0.39 is 5.76 Å². The Kier molecular flexibility index (Phi) is 5.04. The fraction of sp³-hybridized carbons (Fsp3) is 0.500. The van der Waals surface area contributed by atoms with Crippen molar-refractivity contribution in [2.24, 2.45) is 11.7 Å². The Hall–Kier alpha value is -3.14. The maximum Gasteiger partial charge on any atom is 0.434 e. The summed E-state index contributed by atoms with van der Waals surface area (Å²) in [7, 11) is 0. The SMILES string of the molecule is Cc1c(N2CC[C@@H]([C@H](C)N)C2)c(F)cc2c(OCc3n[nH]c(=O)o3)cc(=O)n(C3CC3)c12. The van der Waals surface area contributed by atoms with Gasteiger partial charge in [0.2, 0.25) is 0 Å². The van der Waals surface area contributed by atoms with Crippen molar-refractivity contribution in [1.29, 1.82) is 0 Å². The van der Waals surface area contributed by atoms with E-state index in [4.69, 9.17) is 14.9 Å². The minimum Gasteiger partial charge on any atom is -0.483 e. The van der Waals surface area contributed by atoms with Gasteiger partial charge in [-0.3, -0.25) is 4.79 Å². The second-order valence-corrected chi connectivity index (χ2v) is 8.83. The molecular weight excluding hydrogens is 417 g/mol. The van der Waals surface area contributed by atoms with Crippen LogP contribution in [0, 0.1) is 18.7 Å². The van der Waals surface area contributed by atoms with Crippen LogP contribution in [0.1, 0.15) is 43.7 Å². The Morgan fingerprint density at radius 3 is 2.75 bits per heavy atom. The molecular formula is C22H26FN5O4. The largest absolute Gasteiger partial charge is 0.483 e. The predicted octanol–water partition coefficient (Wildman–Crippen LogP) is 2.21. The normalized spacial score (nSPS) is 19.6. The van der Waals surface area contributed by atoms with Gasteiger partial charge in [0.25, 0.3) is 11.4 Å². The molecule has 0 unspecified atom stereocenters. The molecule has 0 bridgehead atoms. The zero-order chi connectivity index (χ0) is 22.6. The lowest BCUT2D eigenvalue weighted by Crippen LogP contribution is -2.30. The summed E-state index contributed by atoms with van der Waals surface area (Å²) in [6.07, 6.45) is 2.73. The lowest BCUT2D eigenvalue weighted by Gasteiger charge is -2.25. The van der Waals surface area contributed by atoms with Gasteiger partial charge in [-0.2, -0.15) is 0 Å². The van der Waals surface area contributed by atoms with E-state index >= 15 is 4.39 Å². The van der Waals surface area contributed by atoms with Crippen molar-refractivity contribution in [3.63, 3.8) is 0 Å². The van der Waals surface area contributed by atoms with Gasteiger partial charge in [0, 0.05) is 36.6 Å². The smallest absolute Gasteiger partial charge is 0.434 e. The number of rotatable bonds is 6. The van der Waals surface area contributed by atoms with Gasteiger partial charge in [-0.05, 0) is 50.7 Å². The number of anilines is 1. The van der Waals surface area contributed by atoms with Crippen LogP contribution < -0.4 is 26.7 Å². The summed E-state index contributed by atoms with van der Waals surface area (Å²) in [6.45, 7) is 5.08. The maximum atomic E-state index is 15.5. The molecule has 10 heteroatoms. The number of H-pyrrole nitrogens is 1. The summed E-state index contributed by atoms with van der Waals surface area (Å²) >= 11 is 0. The molecule has 9 nitrogen and oxygen atoms in total. The molecule has 5 rings (SSSR count). The summed E-state index contributed by atoms with van der Waals surface area (Å²) < 4.78 is 27.8. The third-order valence-corrected chi connectivity index (χ3v) is 6.49. The molecule has 32 heavy (non-hydrogen) atoms. The fourth-order valence-electron chi connectivity index (χ4n) is 4.71. The van der Waals surface area contributed by atoms with E-state index in [0.29, 0.717) is 34.6 Å². The van der Waals surface area contributed by atoms with Crippen LogP contribution in [-0.2, 0) is 6.61 Å². The number of nitrogens with one attached hydrogen (secondary N) is 1. The van der Waals surface area contributed by atoms with E-state index in [9.17, 15) is 9.59 Å². The molecule has 0 amide bonds. The molecule has 3 N–H and O–H groups in total. The highest BCUT2D eigenvalue weighted by Gasteiger charge is 2.32. The number of hydrogen-bond acceptors (Lipinski definition) is 7. The fourth-order valence-corrected chi connectivity index (χ4v) is 4.71. The summed E-state index contributed by atoms with van der Waals surface area (Å²) in [4.78, 5) is 26.2. The van der Waals surface area contributed by atoms with Gasteiger partial charge < -0.3 is 24.4 Å². The molecule has 2 fully saturated rings. The number of nitrogens with zero attached hydrogens (tertiary/aromatic N) is 3. The molecule has 3 aromatic rings. The average Bonchev–Trinajstić information content (AvgIpc) is 3.29. The van der Waals surface area contributed by atoms with Gasteiger partial charge in [-0.1, -0.05) is 0 Å². The Morgan fingerprint density at radius 1 is 1.34 bits per heavy atom. The van der Waals surface area contributed by atoms with Crippen LogP contribution in [0.3, 0.4) is 0 Å². The molecule has 2 aromatic heterocycles. The first-order valence-electron chi connectivity index (χ1n) is 10.9. The van der Waals surface area contributed by atoms with Crippen LogP contribution in [-0.4, -0.2) is 33.9 Å². The Labute approximate surface area is 183 Å². The van der Waals surface area contributed by atoms with Gasteiger partial charge in [-0.25, -0.2) is 14.3 Å². The highest BCUT2D eigenvalue weighted by Crippen LogP contribution is 2.42. The molecule has 2 atom stereocenters. The van der Waals surface area contributed by atoms with Crippen LogP contribution in [0.25, 0.3) is 10.9 Å². The molecule has 0 spiro atoms. The zero-order valence-corrected chi connectivity index (χ0v) is 18.1. The quantitative estimate of drug-likeness (QED) is 0.599. The molecule has 0 radical (unpaired) electrons. The molecule has 1 aliphatic carbocycles. The number of hydrogen-bond donors (Lipinski definition) is 2. The first kappa shape index (κ1) is 20.7. The van der Waals surface area contributed by atoms with Crippen LogP contribution in [0.4, 0.5) is 10.1 Å². The van der Waals surface area contributed by atoms with E-state index in [0.717, 1.165) is 25.8 Å². The van der Waals surface area contributed by atoms with Crippen LogP contribution >= 0.6 is 0 Å². The summed E-state index contributed by atoms with van der Waals surface area (Å²) in [6, 6.07) is 2.95. The maximum absolute atomic E-state index is 15.5. The van der Waals surface area contributed by atoms with Gasteiger partial charge in [0.1, 0.15) is 11.6 Å². The van der Waals surface area contributed by atoms with E-state index in [1.807, 2.05) is 18.7 Å². The monoisotopic (exact) mass is 443 g/mol. The first-order valence-corrected chi connectivity index (χ1v) is 10.9. The Morgan fingerprint density at radius 2 is 2.12 bits per heavy atom. The number of aryl methyl sites for hydroxylation is 1. The van der Waals surface area contributed by atoms with Crippen molar-refractivity contribution in [3.8, 4) is 5.75 Å². The Balaban J connectivity index is 1.62. The number of aromatic amines is 1. The molecule has 3 heterocycles. The van der Waals surface area contributed by atoms with Crippen LogP contribution in [0.2, 0.25) is 0 Å². The van der Waals surface area contributed by atoms with Crippen molar-refractivity contribution in [1.82, 2.24) is 14.8 Å². The molecule has 1 saturated heterocycles. The highest BCUT2D eigenvalue weighted by atomic mass is 19.1. The summed E-state index contributed by atoms with van der Waals surface area (Å²) in [5.41, 5.74) is 7.79. The minimum atomic E-state index is -0.695. The number of benzene rings is 1. The predicted molar refractivity (Wildman–Crippen MR) is 117 cm³/mol. The van der Waals surface area contributed by atoms with E-state index in [1.165, 1.54) is 12.1 Å². The van der Waals surface area contributed by atoms with E-state index in [1.54, 1.807) is 4.57 Å². The van der Waals surface area contributed by atoms with Crippen molar-refractivity contribution >= 4 is 16.6 Å². The van der Waals surface area contributed by atoms with E-state index in [2.05, 4.69) is 10.2 Å². The number of ether oxygens (including phenoxy) is 1. The van der Waals surface area contributed by atoms with Crippen molar-refractivity contribution in [2.45, 2.75) is 51.8 Å². The second-order valence-electron chi connectivity index (χ2n) is 8.83. The molecule has 1 aromatic carbocycles. The number of halogens is 1. The molecule has 170 valence electrons. The zero-order valence-electron chi connectivity index (χ0n) is 18.1. The third kappa shape index (κ3) is 3.58. The van der Waals surface area contributed by atoms with Crippen molar-refractivity contribution in [3.05, 3.63) is 50.3 Å². The molecule has 1 saturated carbocycles. The van der Waals surface area contributed by atoms with Crippen LogP contribution in [0.5, 0.6) is 5.75 Å². The third-order valence-electron chi connectivity index (χ3n) is 6.49. The summed E-state index contributed by atoms with van der Waals surface area (Å²) in [5.74, 6) is -0.482. The number of aromatic nitrogens is 3. The lowest BCUT2D eigenvalue weighted by molar-refractivity contribution is 0.261. The Bertz CT molecular complexity index is 1290. The second kappa shape index (κ2) is 7.77. The highest BCUT2D eigenvalue weighted by molar-refractivity contribution is 5.92. The summed E-state index contributed by atoms with van der Waals surface area (Å²) in [5, 5.41) is 6.38. The standard InChI is InChI=1S/C22H26FN5O4/c1-11-20-15(7-16(23)21(11)27-6-5-13(9-27)12(2)24)17(8-19(29)28(20)14-3-4-14)31-10-18-25-26-22(30)32-18/h7-8,12-14H,3-6,9-10,24H2,1-2H3,(H,26,30)/t12-,13+/m0/s1. The number of pyridine rings is 1. The van der Waals surface area contributed by atoms with Gasteiger partial charge in [0.15, 0.2) is 6.61 Å². The van der Waals surface area contributed by atoms with Gasteiger partial charge in [-0.15, -0.1) is 5.10 Å². The number of fused-ring (bicyclic) bond motifs is 1. The van der Waals surface area contributed by atoms with Gasteiger partial charge in [0.05, 0.1) is 11.2 Å². The molecule has 1 aliphatic heterocycles. The average molecular weight is 443 g/mol. The van der Waals surface area contributed by atoms with Gasteiger partial charge >= 0.3 is 5.76 Å². The topological polar surface area (TPSA) is 119 Å².